The number of aromatic hydroxyl groups is 1. The van der Waals surface area contributed by atoms with E-state index in [4.69, 9.17) is 5.10 Å². The minimum atomic E-state index is -1.15. The first-order chi connectivity index (χ1) is 16.8. The fourth-order valence-electron chi connectivity index (χ4n) is 4.96. The molecule has 5 rings (SSSR count). The maximum absolute atomic E-state index is 13.5. The third-order valence-electron chi connectivity index (χ3n) is 6.92. The van der Waals surface area contributed by atoms with E-state index < -0.39 is 23.3 Å². The zero-order chi connectivity index (χ0) is 24.7. The molecule has 35 heavy (non-hydrogen) atoms. The van der Waals surface area contributed by atoms with Gasteiger partial charge in [-0.2, -0.15) is 5.10 Å². The average molecular weight is 483 g/mol. The Morgan fingerprint density at radius 2 is 1.91 bits per heavy atom. The SMILES string of the molecule is CC1NN(C)C=C1c1cc2cn(C3CCC(CNC(=O)c4cc(F)c(O)c(F)c4)CC3)nc2cn1. The van der Waals surface area contributed by atoms with Crippen molar-refractivity contribution in [1.29, 1.82) is 0 Å². The van der Waals surface area contributed by atoms with E-state index in [2.05, 4.69) is 41.1 Å². The Morgan fingerprint density at radius 1 is 1.20 bits per heavy atom. The van der Waals surface area contributed by atoms with Crippen molar-refractivity contribution in [3.05, 3.63) is 59.7 Å². The molecule has 0 bridgehead atoms. The van der Waals surface area contributed by atoms with E-state index in [0.717, 1.165) is 60.0 Å². The molecule has 1 amide bonds. The van der Waals surface area contributed by atoms with E-state index in [-0.39, 0.29) is 23.6 Å². The number of phenols is 1. The van der Waals surface area contributed by atoms with E-state index in [0.29, 0.717) is 6.54 Å². The highest BCUT2D eigenvalue weighted by Crippen LogP contribution is 2.33. The van der Waals surface area contributed by atoms with Gasteiger partial charge in [-0.1, -0.05) is 0 Å². The summed E-state index contributed by atoms with van der Waals surface area (Å²) in [7, 11) is 1.97. The number of phenolic OH excluding ortho intramolecular Hbond substituents is 1. The summed E-state index contributed by atoms with van der Waals surface area (Å²) in [6.45, 7) is 2.53. The summed E-state index contributed by atoms with van der Waals surface area (Å²) in [5, 5.41) is 19.7. The minimum Gasteiger partial charge on any atom is -0.503 e. The third-order valence-corrected chi connectivity index (χ3v) is 6.92. The van der Waals surface area contributed by atoms with Crippen molar-refractivity contribution in [2.45, 2.75) is 44.7 Å². The van der Waals surface area contributed by atoms with Gasteiger partial charge in [0.2, 0.25) is 0 Å². The highest BCUT2D eigenvalue weighted by molar-refractivity contribution is 5.94. The van der Waals surface area contributed by atoms with Crippen LogP contribution in [0.1, 0.15) is 54.7 Å². The monoisotopic (exact) mass is 482 g/mol. The van der Waals surface area contributed by atoms with Crippen molar-refractivity contribution < 1.29 is 18.7 Å². The molecule has 0 radical (unpaired) electrons. The average Bonchev–Trinajstić information content (AvgIpc) is 3.42. The van der Waals surface area contributed by atoms with Crippen molar-refractivity contribution in [2.24, 2.45) is 5.92 Å². The predicted molar refractivity (Wildman–Crippen MR) is 127 cm³/mol. The summed E-state index contributed by atoms with van der Waals surface area (Å²) >= 11 is 0. The van der Waals surface area contributed by atoms with Crippen molar-refractivity contribution in [3.63, 3.8) is 0 Å². The van der Waals surface area contributed by atoms with Crippen molar-refractivity contribution in [1.82, 2.24) is 30.5 Å². The van der Waals surface area contributed by atoms with E-state index >= 15 is 0 Å². The van der Waals surface area contributed by atoms with Crippen LogP contribution in [0, 0.1) is 17.6 Å². The van der Waals surface area contributed by atoms with Gasteiger partial charge in [0.15, 0.2) is 17.4 Å². The molecule has 1 aromatic carbocycles. The van der Waals surface area contributed by atoms with Gasteiger partial charge in [-0.05, 0) is 56.7 Å². The quantitative estimate of drug-likeness (QED) is 0.513. The van der Waals surface area contributed by atoms with Crippen LogP contribution in [0.25, 0.3) is 16.5 Å². The van der Waals surface area contributed by atoms with Gasteiger partial charge in [0, 0.05) is 42.5 Å². The number of carbonyl (C=O) groups excluding carboxylic acids is 1. The van der Waals surface area contributed by atoms with E-state index in [1.54, 1.807) is 0 Å². The molecule has 0 saturated heterocycles. The predicted octanol–water partition coefficient (Wildman–Crippen LogP) is 3.76. The first-order valence-corrected chi connectivity index (χ1v) is 11.8. The Kier molecular flexibility index (Phi) is 6.14. The number of pyridine rings is 1. The number of nitrogens with zero attached hydrogens (tertiary/aromatic N) is 4. The Morgan fingerprint density at radius 3 is 2.57 bits per heavy atom. The topological polar surface area (TPSA) is 95.3 Å². The summed E-state index contributed by atoms with van der Waals surface area (Å²) in [6.07, 6.45) is 9.62. The van der Waals surface area contributed by atoms with E-state index in [1.165, 1.54) is 0 Å². The molecule has 1 saturated carbocycles. The molecule has 1 atom stereocenters. The number of hydrazine groups is 1. The molecule has 8 nitrogen and oxygen atoms in total. The molecule has 1 aliphatic heterocycles. The van der Waals surface area contributed by atoms with E-state index in [9.17, 15) is 18.7 Å². The molecule has 1 fully saturated rings. The fraction of sp³-hybridized carbons (Fsp3) is 0.400. The van der Waals surface area contributed by atoms with Crippen LogP contribution in [-0.4, -0.2) is 50.4 Å². The zero-order valence-electron chi connectivity index (χ0n) is 19.6. The van der Waals surface area contributed by atoms with Crippen LogP contribution in [0.5, 0.6) is 5.75 Å². The van der Waals surface area contributed by atoms with Gasteiger partial charge >= 0.3 is 0 Å². The number of amides is 1. The summed E-state index contributed by atoms with van der Waals surface area (Å²) in [5.74, 6) is -3.65. The summed E-state index contributed by atoms with van der Waals surface area (Å²) in [5.41, 5.74) is 6.12. The van der Waals surface area contributed by atoms with Crippen molar-refractivity contribution >= 4 is 22.4 Å². The van der Waals surface area contributed by atoms with Gasteiger partial charge < -0.3 is 15.4 Å². The smallest absolute Gasteiger partial charge is 0.251 e. The number of hydrogen-bond acceptors (Lipinski definition) is 6. The Bertz CT molecular complexity index is 1280. The van der Waals surface area contributed by atoms with Gasteiger partial charge in [0.05, 0.1) is 24.0 Å². The van der Waals surface area contributed by atoms with Crippen LogP contribution in [0.15, 0.2) is 36.8 Å². The lowest BCUT2D eigenvalue weighted by Crippen LogP contribution is -2.31. The number of carbonyl (C=O) groups is 1. The number of nitrogens with one attached hydrogen (secondary N) is 2. The van der Waals surface area contributed by atoms with Crippen LogP contribution in [0.4, 0.5) is 8.78 Å². The Hall–Kier alpha value is -3.53. The van der Waals surface area contributed by atoms with Gasteiger partial charge in [-0.15, -0.1) is 0 Å². The normalized spacial score (nSPS) is 22.5. The number of benzene rings is 1. The van der Waals surface area contributed by atoms with Gasteiger partial charge in [-0.3, -0.25) is 14.5 Å². The summed E-state index contributed by atoms with van der Waals surface area (Å²) in [4.78, 5) is 16.9. The molecule has 1 aliphatic carbocycles. The van der Waals surface area contributed by atoms with Crippen LogP contribution >= 0.6 is 0 Å². The number of aromatic nitrogens is 3. The number of halogens is 2. The molecule has 3 heterocycles. The molecule has 1 unspecified atom stereocenters. The third kappa shape index (κ3) is 4.70. The largest absolute Gasteiger partial charge is 0.503 e. The minimum absolute atomic E-state index is 0.145. The second-order valence-corrected chi connectivity index (χ2v) is 9.46. The Labute approximate surface area is 201 Å². The summed E-state index contributed by atoms with van der Waals surface area (Å²) < 4.78 is 29.1. The molecular weight excluding hydrogens is 454 g/mol. The lowest BCUT2D eigenvalue weighted by Gasteiger charge is -2.28. The standard InChI is InChI=1S/C25H28F2N6O2/c1-14-19(13-32(2)30-14)22-9-17-12-33(31-23(17)11-28-22)18-5-3-15(4-6-18)10-29-25(35)16-7-20(26)24(34)21(27)8-16/h7-9,11-15,18,30,34H,3-6,10H2,1-2H3,(H,29,35). The highest BCUT2D eigenvalue weighted by atomic mass is 19.1. The highest BCUT2D eigenvalue weighted by Gasteiger charge is 2.25. The second-order valence-electron chi connectivity index (χ2n) is 9.46. The molecule has 2 aliphatic rings. The van der Waals surface area contributed by atoms with E-state index in [1.807, 2.05) is 22.9 Å². The molecule has 10 heteroatoms. The summed E-state index contributed by atoms with van der Waals surface area (Å²) in [6, 6.07) is 4.23. The fourth-order valence-corrected chi connectivity index (χ4v) is 4.96. The molecular formula is C25H28F2N6O2. The van der Waals surface area contributed by atoms with Crippen molar-refractivity contribution in [2.75, 3.05) is 13.6 Å². The molecule has 184 valence electrons. The number of rotatable bonds is 5. The van der Waals surface area contributed by atoms with Gasteiger partial charge in [0.25, 0.3) is 5.91 Å². The first kappa shape index (κ1) is 23.2. The molecule has 0 spiro atoms. The molecule has 3 N–H and O–H groups in total. The van der Waals surface area contributed by atoms with Crippen LogP contribution in [-0.2, 0) is 0 Å². The molecule has 3 aromatic rings. The number of fused-ring (bicyclic) bond motifs is 1. The lowest BCUT2D eigenvalue weighted by atomic mass is 9.86. The van der Waals surface area contributed by atoms with Crippen LogP contribution in [0.3, 0.4) is 0 Å². The van der Waals surface area contributed by atoms with Crippen LogP contribution in [0.2, 0.25) is 0 Å². The van der Waals surface area contributed by atoms with Gasteiger partial charge in [-0.25, -0.2) is 14.2 Å². The second kappa shape index (κ2) is 9.26. The maximum atomic E-state index is 13.5. The van der Waals surface area contributed by atoms with Crippen molar-refractivity contribution in [3.8, 4) is 5.75 Å². The number of hydrogen-bond donors (Lipinski definition) is 3. The zero-order valence-corrected chi connectivity index (χ0v) is 19.6. The lowest BCUT2D eigenvalue weighted by molar-refractivity contribution is 0.0940. The molecule has 2 aromatic heterocycles. The van der Waals surface area contributed by atoms with Gasteiger partial charge in [0.1, 0.15) is 5.52 Å². The first-order valence-electron chi connectivity index (χ1n) is 11.8. The maximum Gasteiger partial charge on any atom is 0.251 e. The Balaban J connectivity index is 1.18. The van der Waals surface area contributed by atoms with Crippen LogP contribution < -0.4 is 10.7 Å².